The van der Waals surface area contributed by atoms with Crippen LogP contribution >= 0.6 is 0 Å². The van der Waals surface area contributed by atoms with E-state index in [9.17, 15) is 27.2 Å². The largest absolute Gasteiger partial charge is 0.481 e. The van der Waals surface area contributed by atoms with E-state index < -0.39 is 48.5 Å². The van der Waals surface area contributed by atoms with Crippen molar-refractivity contribution in [2.75, 3.05) is 6.54 Å². The molecule has 0 spiro atoms. The van der Waals surface area contributed by atoms with Gasteiger partial charge in [-0.05, 0) is 12.8 Å². The van der Waals surface area contributed by atoms with E-state index in [0.29, 0.717) is 0 Å². The van der Waals surface area contributed by atoms with Crippen LogP contribution in [0.15, 0.2) is 0 Å². The Balaban J connectivity index is 4.59. The number of halogens is 4. The van der Waals surface area contributed by atoms with Gasteiger partial charge in [0.15, 0.2) is 0 Å². The number of hydrogen-bond acceptors (Lipinski definition) is 2. The summed E-state index contributed by atoms with van der Waals surface area (Å²) < 4.78 is 48.9. The van der Waals surface area contributed by atoms with Gasteiger partial charge in [-0.1, -0.05) is 13.8 Å². The fraction of sp³-hybridized carbons (Fsp3) is 0.818. The number of hydrogen-bond donors (Lipinski definition) is 2. The highest BCUT2D eigenvalue weighted by molar-refractivity contribution is 5.84. The summed E-state index contributed by atoms with van der Waals surface area (Å²) in [6.07, 6.45) is -4.44. The van der Waals surface area contributed by atoms with Crippen molar-refractivity contribution in [2.45, 2.75) is 39.5 Å². The summed E-state index contributed by atoms with van der Waals surface area (Å²) in [6.45, 7) is 2.91. The van der Waals surface area contributed by atoms with Crippen molar-refractivity contribution in [3.63, 3.8) is 0 Å². The third kappa shape index (κ3) is 4.68. The number of rotatable bonds is 7. The van der Waals surface area contributed by atoms with Gasteiger partial charge in [0.05, 0.1) is 12.0 Å². The van der Waals surface area contributed by atoms with E-state index in [0.717, 1.165) is 0 Å². The van der Waals surface area contributed by atoms with Crippen LogP contribution in [0.1, 0.15) is 27.2 Å². The van der Waals surface area contributed by atoms with Gasteiger partial charge in [0, 0.05) is 6.42 Å². The molecular formula is C11H17F4NO3. The first-order chi connectivity index (χ1) is 8.43. The van der Waals surface area contributed by atoms with E-state index in [1.165, 1.54) is 6.92 Å². The van der Waals surface area contributed by atoms with E-state index >= 15 is 0 Å². The monoisotopic (exact) mass is 287 g/mol. The van der Waals surface area contributed by atoms with Gasteiger partial charge in [0.2, 0.25) is 5.91 Å². The lowest BCUT2D eigenvalue weighted by Gasteiger charge is -2.28. The number of nitrogens with one attached hydrogen (secondary N) is 1. The summed E-state index contributed by atoms with van der Waals surface area (Å²) in [5.41, 5.74) is -1.44. The van der Waals surface area contributed by atoms with Crippen LogP contribution in [0.5, 0.6) is 0 Å². The van der Waals surface area contributed by atoms with E-state index in [-0.39, 0.29) is 0 Å². The van der Waals surface area contributed by atoms with E-state index in [1.807, 2.05) is 0 Å². The molecule has 0 aromatic heterocycles. The number of carbonyl (C=O) groups excluding carboxylic acids is 1. The molecule has 1 atom stereocenters. The molecule has 8 heteroatoms. The van der Waals surface area contributed by atoms with Crippen molar-refractivity contribution >= 4 is 11.9 Å². The number of amides is 1. The lowest BCUT2D eigenvalue weighted by Crippen LogP contribution is -2.44. The van der Waals surface area contributed by atoms with Crippen molar-refractivity contribution < 1.29 is 32.3 Å². The minimum Gasteiger partial charge on any atom is -0.481 e. The Labute approximate surface area is 108 Å². The molecule has 0 radical (unpaired) electrons. The lowest BCUT2D eigenvalue weighted by molar-refractivity contribution is -0.154. The highest BCUT2D eigenvalue weighted by Crippen LogP contribution is 2.31. The summed E-state index contributed by atoms with van der Waals surface area (Å²) in [7, 11) is 0. The molecule has 0 bridgehead atoms. The fourth-order valence-corrected chi connectivity index (χ4v) is 1.22. The third-order valence-corrected chi connectivity index (χ3v) is 3.13. The Morgan fingerprint density at radius 1 is 1.26 bits per heavy atom. The molecule has 1 amide bonds. The number of carboxylic acids is 1. The summed E-state index contributed by atoms with van der Waals surface area (Å²) in [6, 6.07) is 0. The van der Waals surface area contributed by atoms with Crippen molar-refractivity contribution in [3.05, 3.63) is 0 Å². The second-order valence-electron chi connectivity index (χ2n) is 4.89. The normalized spacial score (nSPS) is 15.4. The molecule has 19 heavy (non-hydrogen) atoms. The maximum atomic E-state index is 12.6. The molecule has 0 fully saturated rings. The molecule has 4 nitrogen and oxygen atoms in total. The van der Waals surface area contributed by atoms with Crippen LogP contribution < -0.4 is 5.32 Å². The molecule has 0 aromatic rings. The first-order valence-corrected chi connectivity index (χ1v) is 5.59. The zero-order valence-electron chi connectivity index (χ0n) is 10.8. The average Bonchev–Trinajstić information content (AvgIpc) is 2.25. The Hall–Kier alpha value is -1.34. The molecule has 112 valence electrons. The molecule has 0 aromatic carbocycles. The molecule has 2 N–H and O–H groups in total. The van der Waals surface area contributed by atoms with Crippen molar-refractivity contribution in [2.24, 2.45) is 11.3 Å². The molecule has 0 saturated heterocycles. The molecule has 0 heterocycles. The summed E-state index contributed by atoms with van der Waals surface area (Å²) in [5, 5.41) is 10.7. The Bertz CT molecular complexity index is 347. The van der Waals surface area contributed by atoms with Crippen LogP contribution in [0.2, 0.25) is 0 Å². The molecular weight excluding hydrogens is 270 g/mol. The van der Waals surface area contributed by atoms with Gasteiger partial charge in [-0.3, -0.25) is 9.59 Å². The summed E-state index contributed by atoms with van der Waals surface area (Å²) in [5.74, 6) is -7.00. The fourth-order valence-electron chi connectivity index (χ4n) is 1.22. The molecule has 0 aliphatic rings. The molecule has 0 rings (SSSR count). The van der Waals surface area contributed by atoms with Gasteiger partial charge >= 0.3 is 18.3 Å². The van der Waals surface area contributed by atoms with Gasteiger partial charge in [-0.2, -0.15) is 8.78 Å². The van der Waals surface area contributed by atoms with Crippen LogP contribution in [0.25, 0.3) is 0 Å². The topological polar surface area (TPSA) is 66.4 Å². The van der Waals surface area contributed by atoms with Crippen molar-refractivity contribution in [1.82, 2.24) is 5.32 Å². The van der Waals surface area contributed by atoms with Crippen LogP contribution in [-0.4, -0.2) is 35.9 Å². The van der Waals surface area contributed by atoms with Crippen LogP contribution in [-0.2, 0) is 9.59 Å². The third-order valence-electron chi connectivity index (χ3n) is 3.13. The lowest BCUT2D eigenvalue weighted by atomic mass is 9.76. The maximum absolute atomic E-state index is 12.6. The van der Waals surface area contributed by atoms with Gasteiger partial charge in [-0.15, -0.1) is 0 Å². The Morgan fingerprint density at radius 3 is 2.05 bits per heavy atom. The first kappa shape index (κ1) is 17.7. The van der Waals surface area contributed by atoms with E-state index in [2.05, 4.69) is 0 Å². The van der Waals surface area contributed by atoms with Crippen molar-refractivity contribution in [3.8, 4) is 0 Å². The van der Waals surface area contributed by atoms with E-state index in [1.54, 1.807) is 19.2 Å². The second-order valence-corrected chi connectivity index (χ2v) is 4.89. The zero-order chi connectivity index (χ0) is 15.4. The minimum absolute atomic E-state index is 0.425. The quantitative estimate of drug-likeness (QED) is 0.705. The second kappa shape index (κ2) is 6.21. The van der Waals surface area contributed by atoms with Crippen LogP contribution in [0.3, 0.4) is 0 Å². The molecule has 0 aliphatic heterocycles. The summed E-state index contributed by atoms with van der Waals surface area (Å²) >= 11 is 0. The van der Waals surface area contributed by atoms with Gasteiger partial charge < -0.3 is 10.4 Å². The van der Waals surface area contributed by atoms with Gasteiger partial charge in [0.25, 0.3) is 0 Å². The number of carboxylic acid groups (broad SMARTS) is 1. The van der Waals surface area contributed by atoms with Crippen molar-refractivity contribution in [1.29, 1.82) is 0 Å². The number of aliphatic carboxylic acids is 1. The average molecular weight is 287 g/mol. The Morgan fingerprint density at radius 2 is 1.74 bits per heavy atom. The van der Waals surface area contributed by atoms with Gasteiger partial charge in [-0.25, -0.2) is 8.78 Å². The Kier molecular flexibility index (Phi) is 5.77. The van der Waals surface area contributed by atoms with Gasteiger partial charge in [0.1, 0.15) is 0 Å². The predicted octanol–water partition coefficient (Wildman–Crippen LogP) is 2.14. The smallest absolute Gasteiger partial charge is 0.324 e. The van der Waals surface area contributed by atoms with E-state index in [4.69, 9.17) is 5.11 Å². The SMILES string of the molecule is CC(C)C(C)(CC(=O)NCC(F)(F)C(F)F)C(=O)O. The molecule has 1 unspecified atom stereocenters. The minimum atomic E-state index is -4.33. The first-order valence-electron chi connectivity index (χ1n) is 5.59. The summed E-state index contributed by atoms with van der Waals surface area (Å²) in [4.78, 5) is 22.4. The highest BCUT2D eigenvalue weighted by Gasteiger charge is 2.42. The zero-order valence-corrected chi connectivity index (χ0v) is 10.8. The maximum Gasteiger partial charge on any atom is 0.324 e. The standard InChI is InChI=1S/C11H17F4NO3/c1-6(2)10(3,9(18)19)4-7(17)16-5-11(14,15)8(12)13/h6,8H,4-5H2,1-3H3,(H,16,17)(H,18,19). The predicted molar refractivity (Wildman–Crippen MR) is 59.2 cm³/mol. The number of carbonyl (C=O) groups is 2. The molecule has 0 aliphatic carbocycles. The molecule has 0 saturated carbocycles. The number of alkyl halides is 4. The highest BCUT2D eigenvalue weighted by atomic mass is 19.3. The van der Waals surface area contributed by atoms with Crippen LogP contribution in [0.4, 0.5) is 17.6 Å². The van der Waals surface area contributed by atoms with Crippen LogP contribution in [0, 0.1) is 11.3 Å².